The van der Waals surface area contributed by atoms with Gasteiger partial charge in [-0.15, -0.1) is 5.10 Å². The molecule has 0 N–H and O–H groups in total. The topological polar surface area (TPSA) is 56.0 Å². The number of benzene rings is 1. The highest BCUT2D eigenvalue weighted by molar-refractivity contribution is 5.81. The van der Waals surface area contributed by atoms with Crippen LogP contribution in [0.3, 0.4) is 0 Å². The van der Waals surface area contributed by atoms with Gasteiger partial charge in [0.05, 0.1) is 11.0 Å². The maximum Gasteiger partial charge on any atom is 0.284 e. The zero-order valence-electron chi connectivity index (χ0n) is 10.2. The van der Waals surface area contributed by atoms with Crippen LogP contribution in [0, 0.1) is 0 Å². The highest BCUT2D eigenvalue weighted by atomic mass is 19.3. The molecule has 0 amide bonds. The molecule has 2 heterocycles. The fraction of sp³-hybridized carbons (Fsp3) is 0.333. The summed E-state index contributed by atoms with van der Waals surface area (Å²) in [6.45, 7) is 2.03. The molecule has 19 heavy (non-hydrogen) atoms. The first-order chi connectivity index (χ1) is 9.22. The van der Waals surface area contributed by atoms with Gasteiger partial charge >= 0.3 is 0 Å². The van der Waals surface area contributed by atoms with Gasteiger partial charge in [-0.25, -0.2) is 13.8 Å². The van der Waals surface area contributed by atoms with Crippen LogP contribution in [0.4, 0.5) is 8.78 Å². The number of hydrogen-bond donors (Lipinski definition) is 0. The third-order valence-electron chi connectivity index (χ3n) is 2.98. The summed E-state index contributed by atoms with van der Waals surface area (Å²) in [7, 11) is 0. The molecule has 0 spiro atoms. The number of fused-ring (bicyclic) bond motifs is 3. The first-order valence-corrected chi connectivity index (χ1v) is 6.00. The molecule has 0 radical (unpaired) electrons. The van der Waals surface area contributed by atoms with Crippen molar-refractivity contribution in [3.63, 3.8) is 0 Å². The highest BCUT2D eigenvalue weighted by Crippen LogP contribution is 2.25. The second-order valence-electron chi connectivity index (χ2n) is 4.25. The van der Waals surface area contributed by atoms with E-state index in [1.807, 2.05) is 19.1 Å². The number of aromatic nitrogens is 5. The first kappa shape index (κ1) is 11.9. The molecule has 98 valence electrons. The largest absolute Gasteiger partial charge is 0.284 e. The summed E-state index contributed by atoms with van der Waals surface area (Å²) in [5.74, 6) is 0. The number of hydrogen-bond acceptors (Lipinski definition) is 4. The Hall–Kier alpha value is -2.18. The van der Waals surface area contributed by atoms with Crippen LogP contribution in [0.25, 0.3) is 16.7 Å². The van der Waals surface area contributed by atoms with Crippen molar-refractivity contribution >= 4 is 16.7 Å². The fourth-order valence-corrected chi connectivity index (χ4v) is 2.17. The number of aryl methyl sites for hydroxylation is 1. The summed E-state index contributed by atoms with van der Waals surface area (Å²) in [6, 6.07) is 5.53. The van der Waals surface area contributed by atoms with E-state index in [0.717, 1.165) is 18.4 Å². The van der Waals surface area contributed by atoms with Gasteiger partial charge in [0.2, 0.25) is 5.65 Å². The average molecular weight is 263 g/mol. The van der Waals surface area contributed by atoms with Crippen molar-refractivity contribution in [1.82, 2.24) is 25.0 Å². The Morgan fingerprint density at radius 1 is 1.32 bits per heavy atom. The molecule has 3 aromatic rings. The normalized spacial score (nSPS) is 11.8. The van der Waals surface area contributed by atoms with Crippen LogP contribution in [0.5, 0.6) is 0 Å². The number of para-hydroxylation sites is 1. The van der Waals surface area contributed by atoms with E-state index in [0.29, 0.717) is 11.0 Å². The van der Waals surface area contributed by atoms with Gasteiger partial charge in [0, 0.05) is 0 Å². The molecular formula is C12H11F2N5. The Morgan fingerprint density at radius 3 is 2.89 bits per heavy atom. The van der Waals surface area contributed by atoms with Gasteiger partial charge in [0.15, 0.2) is 5.69 Å². The van der Waals surface area contributed by atoms with Crippen LogP contribution >= 0.6 is 0 Å². The first-order valence-electron chi connectivity index (χ1n) is 6.00. The van der Waals surface area contributed by atoms with Crippen LogP contribution < -0.4 is 0 Å². The summed E-state index contributed by atoms with van der Waals surface area (Å²) < 4.78 is 27.4. The quantitative estimate of drug-likeness (QED) is 0.728. The molecule has 0 aliphatic carbocycles. The minimum absolute atomic E-state index is 0.0103. The highest BCUT2D eigenvalue weighted by Gasteiger charge is 2.20. The van der Waals surface area contributed by atoms with Crippen molar-refractivity contribution in [2.24, 2.45) is 0 Å². The molecule has 0 saturated heterocycles. The molecule has 0 bridgehead atoms. The van der Waals surface area contributed by atoms with Crippen molar-refractivity contribution in [1.29, 1.82) is 0 Å². The Balaban J connectivity index is 2.42. The van der Waals surface area contributed by atoms with E-state index >= 15 is 0 Å². The van der Waals surface area contributed by atoms with E-state index in [-0.39, 0.29) is 11.3 Å². The summed E-state index contributed by atoms with van der Waals surface area (Å²) >= 11 is 0. The van der Waals surface area contributed by atoms with Crippen LogP contribution in [0.2, 0.25) is 0 Å². The van der Waals surface area contributed by atoms with Crippen LogP contribution in [0.1, 0.15) is 31.0 Å². The zero-order valence-corrected chi connectivity index (χ0v) is 10.2. The summed E-state index contributed by atoms with van der Waals surface area (Å²) in [5, 5.41) is 10.9. The van der Waals surface area contributed by atoms with Gasteiger partial charge in [-0.3, -0.25) is 0 Å². The lowest BCUT2D eigenvalue weighted by Gasteiger charge is -2.08. The SMILES string of the molecule is CCCc1cccc2c1nc(C(F)F)c1nnnn12. The zero-order chi connectivity index (χ0) is 13.4. The maximum absolute atomic E-state index is 13.0. The van der Waals surface area contributed by atoms with Gasteiger partial charge in [-0.1, -0.05) is 25.5 Å². The van der Waals surface area contributed by atoms with Crippen molar-refractivity contribution < 1.29 is 8.78 Å². The lowest BCUT2D eigenvalue weighted by atomic mass is 10.1. The molecule has 0 unspecified atom stereocenters. The van der Waals surface area contributed by atoms with E-state index in [9.17, 15) is 8.78 Å². The van der Waals surface area contributed by atoms with Crippen molar-refractivity contribution in [2.45, 2.75) is 26.2 Å². The van der Waals surface area contributed by atoms with Crippen LogP contribution in [-0.4, -0.2) is 25.0 Å². The second kappa shape index (κ2) is 4.49. The van der Waals surface area contributed by atoms with Crippen molar-refractivity contribution in [2.75, 3.05) is 0 Å². The molecule has 3 rings (SSSR count). The number of halogens is 2. The third kappa shape index (κ3) is 1.81. The van der Waals surface area contributed by atoms with E-state index in [2.05, 4.69) is 20.5 Å². The fourth-order valence-electron chi connectivity index (χ4n) is 2.17. The predicted molar refractivity (Wildman–Crippen MR) is 65.0 cm³/mol. The van der Waals surface area contributed by atoms with Crippen molar-refractivity contribution in [3.05, 3.63) is 29.5 Å². The molecule has 2 aromatic heterocycles. The van der Waals surface area contributed by atoms with Crippen LogP contribution in [0.15, 0.2) is 18.2 Å². The molecule has 1 aromatic carbocycles. The van der Waals surface area contributed by atoms with Gasteiger partial charge in [-0.2, -0.15) is 4.52 Å². The Bertz CT molecular complexity index is 737. The van der Waals surface area contributed by atoms with Gasteiger partial charge in [0.25, 0.3) is 6.43 Å². The Kier molecular flexibility index (Phi) is 2.81. The molecule has 0 aliphatic rings. The van der Waals surface area contributed by atoms with Gasteiger partial charge < -0.3 is 0 Å². The minimum atomic E-state index is -2.70. The number of alkyl halides is 2. The smallest absolute Gasteiger partial charge is 0.241 e. The lowest BCUT2D eigenvalue weighted by Crippen LogP contribution is -2.03. The van der Waals surface area contributed by atoms with E-state index in [1.165, 1.54) is 4.52 Å². The second-order valence-corrected chi connectivity index (χ2v) is 4.25. The van der Waals surface area contributed by atoms with Gasteiger partial charge in [-0.05, 0) is 28.5 Å². The lowest BCUT2D eigenvalue weighted by molar-refractivity contribution is 0.147. The number of tetrazole rings is 1. The average Bonchev–Trinajstić information content (AvgIpc) is 2.87. The number of nitrogens with zero attached hydrogens (tertiary/aromatic N) is 5. The number of rotatable bonds is 3. The Labute approximate surface area is 107 Å². The molecule has 0 fully saturated rings. The molecule has 7 heteroatoms. The monoisotopic (exact) mass is 263 g/mol. The molecule has 0 saturated carbocycles. The standard InChI is InChI=1S/C12H11F2N5/c1-2-4-7-5-3-6-8-9(7)15-10(11(13)14)12-16-17-18-19(8)12/h3,5-6,11H,2,4H2,1H3. The van der Waals surface area contributed by atoms with E-state index < -0.39 is 6.43 Å². The molecule has 5 nitrogen and oxygen atoms in total. The maximum atomic E-state index is 13.0. The van der Waals surface area contributed by atoms with Crippen LogP contribution in [-0.2, 0) is 6.42 Å². The summed E-state index contributed by atoms with van der Waals surface area (Å²) in [4.78, 5) is 4.08. The summed E-state index contributed by atoms with van der Waals surface area (Å²) in [6.07, 6.45) is -1.01. The molecule has 0 aliphatic heterocycles. The molecule has 0 atom stereocenters. The van der Waals surface area contributed by atoms with E-state index in [4.69, 9.17) is 0 Å². The minimum Gasteiger partial charge on any atom is -0.241 e. The van der Waals surface area contributed by atoms with Gasteiger partial charge in [0.1, 0.15) is 0 Å². The Morgan fingerprint density at radius 2 is 2.16 bits per heavy atom. The van der Waals surface area contributed by atoms with E-state index in [1.54, 1.807) is 6.07 Å². The molecular weight excluding hydrogens is 252 g/mol. The summed E-state index contributed by atoms with van der Waals surface area (Å²) in [5.41, 5.74) is 1.76. The predicted octanol–water partition coefficient (Wildman–Crippen LogP) is 2.56. The van der Waals surface area contributed by atoms with Crippen molar-refractivity contribution in [3.8, 4) is 0 Å². The third-order valence-corrected chi connectivity index (χ3v) is 2.98.